The molecule has 0 bridgehead atoms. The fraction of sp³-hybridized carbons (Fsp3) is 0.895. The number of phosphoric ester groups is 1. The smallest absolute Gasteiger partial charge is 0.462 e. The van der Waals surface area contributed by atoms with Gasteiger partial charge in [-0.15, -0.1) is 0 Å². The predicted octanol–water partition coefficient (Wildman–Crippen LogP) is 9.67. The normalized spacial score (nSPS) is 14.1. The summed E-state index contributed by atoms with van der Waals surface area (Å²) in [6.45, 7) is 2.35. The molecule has 10 nitrogen and oxygen atoms in total. The number of hydrogen-bond acceptors (Lipinski definition) is 9. The molecule has 0 aromatic carbocycles. The average Bonchev–Trinajstić information content (AvgIpc) is 3.09. The lowest BCUT2D eigenvalue weighted by atomic mass is 10.1. The van der Waals surface area contributed by atoms with Gasteiger partial charge in [0.25, 0.3) is 0 Å². The van der Waals surface area contributed by atoms with Gasteiger partial charge in [0.05, 0.1) is 19.8 Å². The van der Waals surface area contributed by atoms with Crippen LogP contribution in [0.5, 0.6) is 0 Å². The molecular formula is C38H73O10P. The summed E-state index contributed by atoms with van der Waals surface area (Å²) in [5.74, 6) is -0.927. The number of rotatable bonds is 37. The second-order valence-corrected chi connectivity index (χ2v) is 14.8. The van der Waals surface area contributed by atoms with E-state index in [1.807, 2.05) is 0 Å². The summed E-state index contributed by atoms with van der Waals surface area (Å²) in [5.41, 5.74) is 0. The Kier molecular flexibility index (Phi) is 34.2. The number of ether oxygens (including phenoxy) is 2. The van der Waals surface area contributed by atoms with Gasteiger partial charge in [0, 0.05) is 12.8 Å². The van der Waals surface area contributed by atoms with Gasteiger partial charge >= 0.3 is 19.8 Å². The minimum absolute atomic E-state index is 0.183. The van der Waals surface area contributed by atoms with Gasteiger partial charge in [-0.3, -0.25) is 18.6 Å². The molecule has 0 rings (SSSR count). The summed E-state index contributed by atoms with van der Waals surface area (Å²) in [7, 11) is -4.60. The maximum atomic E-state index is 12.5. The number of aliphatic hydroxyl groups excluding tert-OH is 2. The second-order valence-electron chi connectivity index (χ2n) is 13.3. The van der Waals surface area contributed by atoms with E-state index in [-0.39, 0.29) is 19.4 Å². The van der Waals surface area contributed by atoms with Crippen LogP contribution in [0.1, 0.15) is 181 Å². The van der Waals surface area contributed by atoms with E-state index in [1.165, 1.54) is 96.3 Å². The Morgan fingerprint density at radius 1 is 0.592 bits per heavy atom. The molecule has 0 amide bonds. The number of aliphatic hydroxyl groups is 2. The highest BCUT2D eigenvalue weighted by molar-refractivity contribution is 7.47. The van der Waals surface area contributed by atoms with Gasteiger partial charge in [0.2, 0.25) is 0 Å². The number of phosphoric acid groups is 1. The van der Waals surface area contributed by atoms with Crippen molar-refractivity contribution in [3.8, 4) is 0 Å². The van der Waals surface area contributed by atoms with Crippen molar-refractivity contribution in [1.82, 2.24) is 0 Å². The van der Waals surface area contributed by atoms with E-state index in [1.54, 1.807) is 0 Å². The maximum absolute atomic E-state index is 12.5. The van der Waals surface area contributed by atoms with Crippen LogP contribution in [-0.4, -0.2) is 65.7 Å². The third-order valence-corrected chi connectivity index (χ3v) is 9.37. The predicted molar refractivity (Wildman–Crippen MR) is 196 cm³/mol. The molecule has 0 spiro atoms. The Bertz CT molecular complexity index is 837. The van der Waals surface area contributed by atoms with Gasteiger partial charge < -0.3 is 24.6 Å². The minimum atomic E-state index is -4.60. The summed E-state index contributed by atoms with van der Waals surface area (Å²) in [4.78, 5) is 34.8. The zero-order valence-electron chi connectivity index (χ0n) is 31.2. The largest absolute Gasteiger partial charge is 0.472 e. The second kappa shape index (κ2) is 35.1. The van der Waals surface area contributed by atoms with E-state index in [0.29, 0.717) is 12.8 Å². The highest BCUT2D eigenvalue weighted by atomic mass is 31.2. The number of carbonyl (C=O) groups is 2. The number of unbranched alkanes of at least 4 members (excludes halogenated alkanes) is 21. The van der Waals surface area contributed by atoms with Crippen molar-refractivity contribution in [2.24, 2.45) is 0 Å². The number of esters is 2. The van der Waals surface area contributed by atoms with Crippen LogP contribution in [0.25, 0.3) is 0 Å². The summed E-state index contributed by atoms with van der Waals surface area (Å²) < 4.78 is 32.5. The third kappa shape index (κ3) is 34.9. The molecule has 49 heavy (non-hydrogen) atoms. The monoisotopic (exact) mass is 720 g/mol. The van der Waals surface area contributed by atoms with Gasteiger partial charge in [-0.25, -0.2) is 4.57 Å². The van der Waals surface area contributed by atoms with Crippen molar-refractivity contribution >= 4 is 19.8 Å². The average molecular weight is 721 g/mol. The van der Waals surface area contributed by atoms with Crippen molar-refractivity contribution in [3.05, 3.63) is 12.2 Å². The fourth-order valence-electron chi connectivity index (χ4n) is 5.34. The molecule has 290 valence electrons. The molecule has 0 aliphatic rings. The van der Waals surface area contributed by atoms with E-state index in [9.17, 15) is 24.2 Å². The molecule has 3 N–H and O–H groups in total. The summed E-state index contributed by atoms with van der Waals surface area (Å²) in [6, 6.07) is 0. The Balaban J connectivity index is 4.30. The molecule has 0 aromatic heterocycles. The molecule has 0 radical (unpaired) electrons. The van der Waals surface area contributed by atoms with Gasteiger partial charge in [-0.1, -0.05) is 142 Å². The number of hydrogen-bond donors (Lipinski definition) is 3. The Hall–Kier alpha value is -1.29. The van der Waals surface area contributed by atoms with Gasteiger partial charge in [0.1, 0.15) is 12.7 Å². The molecule has 0 heterocycles. The van der Waals surface area contributed by atoms with Crippen LogP contribution in [0.3, 0.4) is 0 Å². The maximum Gasteiger partial charge on any atom is 0.472 e. The van der Waals surface area contributed by atoms with Crippen LogP contribution in [0.2, 0.25) is 0 Å². The third-order valence-electron chi connectivity index (χ3n) is 8.42. The van der Waals surface area contributed by atoms with E-state index < -0.39 is 51.8 Å². The molecule has 0 saturated carbocycles. The molecule has 0 aliphatic heterocycles. The van der Waals surface area contributed by atoms with Crippen LogP contribution in [-0.2, 0) is 32.7 Å². The minimum Gasteiger partial charge on any atom is -0.462 e. The van der Waals surface area contributed by atoms with Crippen molar-refractivity contribution < 1.29 is 47.8 Å². The summed E-state index contributed by atoms with van der Waals surface area (Å²) in [5, 5.41) is 18.3. The molecule has 0 fully saturated rings. The van der Waals surface area contributed by atoms with Crippen LogP contribution >= 0.6 is 7.82 Å². The van der Waals surface area contributed by atoms with Crippen molar-refractivity contribution in [2.75, 3.05) is 26.4 Å². The quantitative estimate of drug-likeness (QED) is 0.0245. The van der Waals surface area contributed by atoms with Crippen molar-refractivity contribution in [1.29, 1.82) is 0 Å². The first-order valence-electron chi connectivity index (χ1n) is 19.6. The summed E-state index contributed by atoms with van der Waals surface area (Å²) in [6.07, 6.45) is 30.4. The van der Waals surface area contributed by atoms with Gasteiger partial charge in [0.15, 0.2) is 6.10 Å². The summed E-state index contributed by atoms with van der Waals surface area (Å²) >= 11 is 0. The van der Waals surface area contributed by atoms with E-state index in [4.69, 9.17) is 19.1 Å². The molecule has 0 aromatic rings. The Labute approximate surface area is 298 Å². The van der Waals surface area contributed by atoms with Gasteiger partial charge in [-0.05, 0) is 38.5 Å². The Morgan fingerprint density at radius 3 is 1.47 bits per heavy atom. The SMILES string of the molecule is CCCCCCCC/C=C/CCCCCCCCCC(=O)O[C@H](COC(=O)CCCCCCCCCCC)COP(=O)(O)OC[C@@H](O)CO. The Morgan fingerprint density at radius 2 is 1.00 bits per heavy atom. The van der Waals surface area contributed by atoms with Gasteiger partial charge in [-0.2, -0.15) is 0 Å². The zero-order valence-corrected chi connectivity index (χ0v) is 32.1. The van der Waals surface area contributed by atoms with Crippen LogP contribution < -0.4 is 0 Å². The fourth-order valence-corrected chi connectivity index (χ4v) is 6.13. The molecule has 0 saturated heterocycles. The topological polar surface area (TPSA) is 149 Å². The highest BCUT2D eigenvalue weighted by Gasteiger charge is 2.27. The van der Waals surface area contributed by atoms with E-state index >= 15 is 0 Å². The number of allylic oxidation sites excluding steroid dienone is 2. The van der Waals surface area contributed by atoms with E-state index in [2.05, 4.69) is 30.5 Å². The van der Waals surface area contributed by atoms with Crippen LogP contribution in [0.4, 0.5) is 0 Å². The molecular weight excluding hydrogens is 647 g/mol. The molecule has 1 unspecified atom stereocenters. The molecule has 3 atom stereocenters. The van der Waals surface area contributed by atoms with Crippen molar-refractivity contribution in [2.45, 2.75) is 193 Å². The first-order chi connectivity index (χ1) is 23.7. The first kappa shape index (κ1) is 47.7. The number of carbonyl (C=O) groups excluding carboxylic acids is 2. The van der Waals surface area contributed by atoms with Crippen LogP contribution in [0, 0.1) is 0 Å². The standard InChI is InChI=1S/C38H73O10P/c1-3-5-7-9-11-13-14-15-16-17-18-19-20-22-24-26-28-30-38(42)48-36(34-47-49(43,44)46-32-35(40)31-39)33-45-37(41)29-27-25-23-21-12-10-8-6-4-2/h15-16,35-36,39-40H,3-14,17-34H2,1-2H3,(H,43,44)/b16-15+/t35-,36+/m0/s1. The molecule has 11 heteroatoms. The lowest BCUT2D eigenvalue weighted by Gasteiger charge is -2.20. The lowest BCUT2D eigenvalue weighted by Crippen LogP contribution is -2.29. The lowest BCUT2D eigenvalue weighted by molar-refractivity contribution is -0.161. The van der Waals surface area contributed by atoms with Crippen molar-refractivity contribution in [3.63, 3.8) is 0 Å². The zero-order chi connectivity index (χ0) is 36.3. The first-order valence-corrected chi connectivity index (χ1v) is 21.1. The highest BCUT2D eigenvalue weighted by Crippen LogP contribution is 2.43. The van der Waals surface area contributed by atoms with E-state index in [0.717, 1.165) is 44.9 Å². The van der Waals surface area contributed by atoms with Crippen LogP contribution in [0.15, 0.2) is 12.2 Å². The molecule has 0 aliphatic carbocycles.